The number of hydrogen-bond donors (Lipinski definition) is 2. The molecule has 2 N–H and O–H groups in total. The Morgan fingerprint density at radius 3 is 2.69 bits per heavy atom. The zero-order chi connectivity index (χ0) is 19.8. The number of hydrogen-bond acceptors (Lipinski definition) is 5. The van der Waals surface area contributed by atoms with Crippen molar-refractivity contribution in [1.82, 2.24) is 24.5 Å². The van der Waals surface area contributed by atoms with Crippen LogP contribution in [-0.2, 0) is 0 Å². The van der Waals surface area contributed by atoms with E-state index in [1.54, 1.807) is 12.4 Å². The van der Waals surface area contributed by atoms with Crippen LogP contribution in [0, 0.1) is 0 Å². The third-order valence-corrected chi connectivity index (χ3v) is 5.02. The van der Waals surface area contributed by atoms with E-state index in [4.69, 9.17) is 4.98 Å². The number of nitrogens with zero attached hydrogens (tertiary/aromatic N) is 4. The second-order valence-electron chi connectivity index (χ2n) is 6.71. The first-order valence-corrected chi connectivity index (χ1v) is 9.23. The standard InChI is InChI=1S/C22H17N5O2/c28-13-19(14-6-2-1-3-7-14)27-21-20(26-22(27)29)24-12-18(25-21)16-8-4-10-17-15(16)9-5-11-23-17/h1-12,19,28H,13H2,(H,24,26,29). The molecule has 5 aromatic rings. The second kappa shape index (κ2) is 6.96. The number of imidazole rings is 1. The van der Waals surface area contributed by atoms with Crippen LogP contribution >= 0.6 is 0 Å². The molecule has 0 saturated heterocycles. The van der Waals surface area contributed by atoms with Gasteiger partial charge in [0.05, 0.1) is 30.1 Å². The van der Waals surface area contributed by atoms with Gasteiger partial charge in [-0.25, -0.2) is 14.8 Å². The Labute approximate surface area is 165 Å². The maximum atomic E-state index is 12.7. The molecule has 0 aliphatic carbocycles. The van der Waals surface area contributed by atoms with E-state index in [2.05, 4.69) is 15.0 Å². The lowest BCUT2D eigenvalue weighted by Gasteiger charge is -2.16. The van der Waals surface area contributed by atoms with Gasteiger partial charge in [-0.15, -0.1) is 0 Å². The number of aromatic amines is 1. The number of aliphatic hydroxyl groups excluding tert-OH is 1. The van der Waals surface area contributed by atoms with Crippen LogP contribution in [0.5, 0.6) is 0 Å². The molecule has 0 spiro atoms. The predicted molar refractivity (Wildman–Crippen MR) is 111 cm³/mol. The first kappa shape index (κ1) is 17.3. The predicted octanol–water partition coefficient (Wildman–Crippen LogP) is 2.92. The van der Waals surface area contributed by atoms with Gasteiger partial charge < -0.3 is 5.11 Å². The minimum atomic E-state index is -0.559. The van der Waals surface area contributed by atoms with Crippen molar-refractivity contribution in [1.29, 1.82) is 0 Å². The van der Waals surface area contributed by atoms with Gasteiger partial charge in [-0.05, 0) is 17.7 Å². The summed E-state index contributed by atoms with van der Waals surface area (Å²) in [5, 5.41) is 11.0. The van der Waals surface area contributed by atoms with E-state index in [-0.39, 0.29) is 12.3 Å². The summed E-state index contributed by atoms with van der Waals surface area (Å²) in [5.41, 5.74) is 3.61. The van der Waals surface area contributed by atoms with E-state index in [0.717, 1.165) is 22.0 Å². The topological polar surface area (TPSA) is 96.7 Å². The number of nitrogens with one attached hydrogen (secondary N) is 1. The Bertz CT molecular complexity index is 1370. The quantitative estimate of drug-likeness (QED) is 0.497. The Kier molecular flexibility index (Phi) is 4.14. The van der Waals surface area contributed by atoms with Crippen LogP contribution in [0.15, 0.2) is 77.9 Å². The van der Waals surface area contributed by atoms with E-state index >= 15 is 0 Å². The normalized spacial score (nSPS) is 12.4. The van der Waals surface area contributed by atoms with Crippen molar-refractivity contribution in [3.63, 3.8) is 0 Å². The van der Waals surface area contributed by atoms with E-state index < -0.39 is 6.04 Å². The molecule has 142 valence electrons. The first-order chi connectivity index (χ1) is 14.3. The van der Waals surface area contributed by atoms with Crippen LogP contribution in [0.1, 0.15) is 11.6 Å². The van der Waals surface area contributed by atoms with Gasteiger partial charge in [-0.3, -0.25) is 14.5 Å². The fourth-order valence-corrected chi connectivity index (χ4v) is 3.65. The van der Waals surface area contributed by atoms with Crippen molar-refractivity contribution in [2.75, 3.05) is 6.61 Å². The fourth-order valence-electron chi connectivity index (χ4n) is 3.65. The summed E-state index contributed by atoms with van der Waals surface area (Å²) in [7, 11) is 0. The number of benzene rings is 2. The molecule has 0 amide bonds. The summed E-state index contributed by atoms with van der Waals surface area (Å²) in [6.45, 7) is -0.235. The molecule has 5 rings (SSSR count). The largest absolute Gasteiger partial charge is 0.394 e. The number of aromatic nitrogens is 5. The molecule has 7 nitrogen and oxygen atoms in total. The molecule has 1 atom stereocenters. The Hall–Kier alpha value is -3.84. The molecule has 0 fully saturated rings. The Morgan fingerprint density at radius 2 is 1.86 bits per heavy atom. The van der Waals surface area contributed by atoms with Gasteiger partial charge in [0.25, 0.3) is 0 Å². The molecule has 0 saturated carbocycles. The van der Waals surface area contributed by atoms with Crippen molar-refractivity contribution in [2.24, 2.45) is 0 Å². The molecule has 2 aromatic carbocycles. The molecular weight excluding hydrogens is 366 g/mol. The fraction of sp³-hybridized carbons (Fsp3) is 0.0909. The SMILES string of the molecule is O=c1[nH]c2ncc(-c3cccc4ncccc34)nc2n1C(CO)c1ccccc1. The van der Waals surface area contributed by atoms with Gasteiger partial charge >= 0.3 is 5.69 Å². The van der Waals surface area contributed by atoms with Crippen molar-refractivity contribution >= 4 is 22.2 Å². The van der Waals surface area contributed by atoms with E-state index in [1.807, 2.05) is 60.7 Å². The van der Waals surface area contributed by atoms with Crippen LogP contribution < -0.4 is 5.69 Å². The number of rotatable bonds is 4. The van der Waals surface area contributed by atoms with E-state index in [0.29, 0.717) is 17.0 Å². The summed E-state index contributed by atoms with van der Waals surface area (Å²) in [4.78, 5) is 29.0. The maximum Gasteiger partial charge on any atom is 0.329 e. The smallest absolute Gasteiger partial charge is 0.329 e. The highest BCUT2D eigenvalue weighted by molar-refractivity contribution is 5.93. The molecule has 0 radical (unpaired) electrons. The van der Waals surface area contributed by atoms with Crippen molar-refractivity contribution in [3.05, 3.63) is 89.1 Å². The molecule has 1 unspecified atom stereocenters. The highest BCUT2D eigenvalue weighted by atomic mass is 16.3. The van der Waals surface area contributed by atoms with Crippen molar-refractivity contribution in [3.8, 4) is 11.3 Å². The lowest BCUT2D eigenvalue weighted by molar-refractivity contribution is 0.249. The van der Waals surface area contributed by atoms with Gasteiger partial charge in [-0.2, -0.15) is 0 Å². The van der Waals surface area contributed by atoms with Gasteiger partial charge in [0.15, 0.2) is 11.3 Å². The molecule has 0 bridgehead atoms. The molecule has 29 heavy (non-hydrogen) atoms. The lowest BCUT2D eigenvalue weighted by Crippen LogP contribution is -2.26. The monoisotopic (exact) mass is 383 g/mol. The molecular formula is C22H17N5O2. The summed E-state index contributed by atoms with van der Waals surface area (Å²) >= 11 is 0. The summed E-state index contributed by atoms with van der Waals surface area (Å²) in [5.74, 6) is 0. The third kappa shape index (κ3) is 2.88. The summed E-state index contributed by atoms with van der Waals surface area (Å²) < 4.78 is 1.46. The lowest BCUT2D eigenvalue weighted by atomic mass is 10.1. The Balaban J connectivity index is 1.73. The third-order valence-electron chi connectivity index (χ3n) is 5.02. The van der Waals surface area contributed by atoms with Gasteiger partial charge in [0.1, 0.15) is 0 Å². The van der Waals surface area contributed by atoms with Crippen LogP contribution in [-0.4, -0.2) is 36.2 Å². The highest BCUT2D eigenvalue weighted by Crippen LogP contribution is 2.27. The van der Waals surface area contributed by atoms with Gasteiger partial charge in [0, 0.05) is 17.1 Å². The van der Waals surface area contributed by atoms with E-state index in [1.165, 1.54) is 4.57 Å². The Morgan fingerprint density at radius 1 is 1.00 bits per heavy atom. The number of pyridine rings is 1. The van der Waals surface area contributed by atoms with Crippen molar-refractivity contribution in [2.45, 2.75) is 6.04 Å². The zero-order valence-corrected chi connectivity index (χ0v) is 15.4. The van der Waals surface area contributed by atoms with Crippen LogP contribution in [0.25, 0.3) is 33.5 Å². The zero-order valence-electron chi connectivity index (χ0n) is 15.4. The van der Waals surface area contributed by atoms with Crippen LogP contribution in [0.3, 0.4) is 0 Å². The van der Waals surface area contributed by atoms with Gasteiger partial charge in [0.2, 0.25) is 0 Å². The molecule has 7 heteroatoms. The van der Waals surface area contributed by atoms with Crippen LogP contribution in [0.2, 0.25) is 0 Å². The average Bonchev–Trinajstić information content (AvgIpc) is 3.10. The average molecular weight is 383 g/mol. The molecule has 3 heterocycles. The van der Waals surface area contributed by atoms with Crippen molar-refractivity contribution < 1.29 is 5.11 Å². The minimum absolute atomic E-state index is 0.235. The molecule has 0 aliphatic heterocycles. The minimum Gasteiger partial charge on any atom is -0.394 e. The van der Waals surface area contributed by atoms with Gasteiger partial charge in [-0.1, -0.05) is 48.5 Å². The second-order valence-corrected chi connectivity index (χ2v) is 6.71. The summed E-state index contributed by atoms with van der Waals surface area (Å²) in [6.07, 6.45) is 3.39. The van der Waals surface area contributed by atoms with E-state index in [9.17, 15) is 9.90 Å². The number of aliphatic hydroxyl groups is 1. The number of fused-ring (bicyclic) bond motifs is 2. The number of H-pyrrole nitrogens is 1. The maximum absolute atomic E-state index is 12.7. The summed E-state index contributed by atoms with van der Waals surface area (Å²) in [6, 6.07) is 18.5. The molecule has 0 aliphatic rings. The highest BCUT2D eigenvalue weighted by Gasteiger charge is 2.21. The molecule has 3 aromatic heterocycles. The van der Waals surface area contributed by atoms with Crippen LogP contribution in [0.4, 0.5) is 0 Å². The first-order valence-electron chi connectivity index (χ1n) is 9.23.